The van der Waals surface area contributed by atoms with Crippen molar-refractivity contribution in [2.45, 2.75) is 25.7 Å². The molecule has 138 valence electrons. The topological polar surface area (TPSA) is 83.8 Å². The molecule has 2 heterocycles. The van der Waals surface area contributed by atoms with Crippen LogP contribution >= 0.6 is 11.3 Å². The molecule has 0 spiro atoms. The number of para-hydroxylation sites is 1. The Morgan fingerprint density at radius 1 is 1.38 bits per heavy atom. The Morgan fingerprint density at radius 2 is 2.08 bits per heavy atom. The number of halogens is 3. The van der Waals surface area contributed by atoms with Crippen LogP contribution in [0, 0.1) is 0 Å². The molecule has 0 fully saturated rings. The number of nitrogens with zero attached hydrogens (tertiary/aromatic N) is 2. The molecule has 1 aromatic carbocycles. The molecule has 0 amide bonds. The van der Waals surface area contributed by atoms with Gasteiger partial charge in [-0.15, -0.1) is 0 Å². The van der Waals surface area contributed by atoms with Gasteiger partial charge in [-0.2, -0.15) is 13.2 Å². The van der Waals surface area contributed by atoms with Crippen LogP contribution in [0.5, 0.6) is 0 Å². The summed E-state index contributed by atoms with van der Waals surface area (Å²) in [6.45, 7) is 2.66. The molecule has 0 radical (unpaired) electrons. The highest BCUT2D eigenvalue weighted by molar-refractivity contribution is 7.22. The number of fused-ring (bicyclic) bond motifs is 1. The molecule has 2 N–H and O–H groups in total. The molecule has 1 aromatic heterocycles. The number of aromatic nitrogens is 1. The van der Waals surface area contributed by atoms with E-state index in [9.17, 15) is 23.1 Å². The lowest BCUT2D eigenvalue weighted by atomic mass is 10.1. The first-order valence-electron chi connectivity index (χ1n) is 7.57. The van der Waals surface area contributed by atoms with E-state index < -0.39 is 29.1 Å². The van der Waals surface area contributed by atoms with Crippen molar-refractivity contribution in [1.82, 2.24) is 4.98 Å². The number of aliphatic imine (C=N–C) groups is 1. The largest absolute Gasteiger partial charge is 0.507 e. The van der Waals surface area contributed by atoms with Gasteiger partial charge in [-0.25, -0.2) is 14.8 Å². The van der Waals surface area contributed by atoms with E-state index in [0.717, 1.165) is 11.3 Å². The van der Waals surface area contributed by atoms with Crippen LogP contribution in [0.2, 0.25) is 0 Å². The van der Waals surface area contributed by atoms with Crippen LogP contribution in [0.4, 0.5) is 18.3 Å². The van der Waals surface area contributed by atoms with E-state index in [4.69, 9.17) is 4.74 Å². The molecule has 0 aliphatic carbocycles. The van der Waals surface area contributed by atoms with E-state index >= 15 is 0 Å². The number of ether oxygens (including phenoxy) is 1. The van der Waals surface area contributed by atoms with Crippen molar-refractivity contribution in [2.24, 2.45) is 4.99 Å². The fourth-order valence-corrected chi connectivity index (χ4v) is 3.51. The maximum atomic E-state index is 13.9. The van der Waals surface area contributed by atoms with E-state index in [1.54, 1.807) is 24.3 Å². The predicted molar refractivity (Wildman–Crippen MR) is 91.4 cm³/mol. The molecule has 2 aromatic rings. The Labute approximate surface area is 150 Å². The van der Waals surface area contributed by atoms with E-state index in [1.807, 2.05) is 0 Å². The van der Waals surface area contributed by atoms with Gasteiger partial charge in [-0.05, 0) is 26.0 Å². The summed E-state index contributed by atoms with van der Waals surface area (Å²) in [7, 11) is 0. The molecular formula is C16H14F3N3O3S. The average Bonchev–Trinajstić information content (AvgIpc) is 3.06. The van der Waals surface area contributed by atoms with Crippen LogP contribution < -0.4 is 5.32 Å². The lowest BCUT2D eigenvalue weighted by Gasteiger charge is -2.29. The summed E-state index contributed by atoms with van der Waals surface area (Å²) in [5, 5.41) is 12.4. The van der Waals surface area contributed by atoms with E-state index in [-0.39, 0.29) is 17.5 Å². The van der Waals surface area contributed by atoms with Crippen molar-refractivity contribution < 1.29 is 27.8 Å². The minimum absolute atomic E-state index is 0.0484. The first-order valence-corrected chi connectivity index (χ1v) is 8.39. The summed E-state index contributed by atoms with van der Waals surface area (Å²) in [5.74, 6) is -2.32. The fraction of sp³-hybridized carbons (Fsp3) is 0.312. The van der Waals surface area contributed by atoms with Crippen LogP contribution in [-0.4, -0.2) is 40.2 Å². The number of benzene rings is 1. The quantitative estimate of drug-likeness (QED) is 0.782. The third-order valence-corrected chi connectivity index (χ3v) is 4.70. The molecule has 0 saturated carbocycles. The number of carbonyl (C=O) groups is 1. The zero-order valence-electron chi connectivity index (χ0n) is 13.7. The van der Waals surface area contributed by atoms with E-state index in [2.05, 4.69) is 15.3 Å². The second kappa shape index (κ2) is 6.27. The van der Waals surface area contributed by atoms with Gasteiger partial charge in [0.2, 0.25) is 0 Å². The number of rotatable bonds is 4. The summed E-state index contributed by atoms with van der Waals surface area (Å²) >= 11 is 0.981. The highest BCUT2D eigenvalue weighted by Gasteiger charge is 2.63. The monoisotopic (exact) mass is 385 g/mol. The van der Waals surface area contributed by atoms with Gasteiger partial charge in [0.15, 0.2) is 10.9 Å². The van der Waals surface area contributed by atoms with Gasteiger partial charge in [0.25, 0.3) is 5.66 Å². The molecule has 1 aliphatic rings. The first kappa shape index (κ1) is 18.2. The van der Waals surface area contributed by atoms with Crippen LogP contribution in [0.25, 0.3) is 10.2 Å². The molecule has 0 bridgehead atoms. The highest BCUT2D eigenvalue weighted by Crippen LogP contribution is 2.45. The van der Waals surface area contributed by atoms with Crippen molar-refractivity contribution in [2.75, 3.05) is 11.9 Å². The Bertz CT molecular complexity index is 902. The number of alkyl halides is 3. The number of aliphatic hydroxyl groups excluding tert-OH is 1. The second-order valence-electron chi connectivity index (χ2n) is 5.46. The summed E-state index contributed by atoms with van der Waals surface area (Å²) in [6.07, 6.45) is -5.02. The SMILES string of the molecule is CCOC(=O)C1=C(O)[C@](Nc2nc3ccccc3s2)(C(F)(F)F)N=C1C. The van der Waals surface area contributed by atoms with Gasteiger partial charge in [0.1, 0.15) is 5.57 Å². The standard InChI is InChI=1S/C16H14F3N3O3S/c1-3-25-13(24)11-8(2)21-15(12(11)23,16(17,18)19)22-14-20-9-6-4-5-7-10(9)26-14/h4-7,23H,3H2,1-2H3,(H,20,22)/t15-/m0/s1. The zero-order chi connectivity index (χ0) is 19.1. The number of hydrogen-bond donors (Lipinski definition) is 2. The molecule has 1 atom stereocenters. The van der Waals surface area contributed by atoms with Crippen molar-refractivity contribution in [3.63, 3.8) is 0 Å². The molecule has 26 heavy (non-hydrogen) atoms. The molecule has 1 aliphatic heterocycles. The van der Waals surface area contributed by atoms with Gasteiger partial charge >= 0.3 is 12.1 Å². The maximum absolute atomic E-state index is 13.9. The normalized spacial score (nSPS) is 20.4. The summed E-state index contributed by atoms with van der Waals surface area (Å²) in [6, 6.07) is 6.80. The third-order valence-electron chi connectivity index (χ3n) is 3.75. The van der Waals surface area contributed by atoms with Gasteiger partial charge in [-0.1, -0.05) is 23.5 Å². The Hall–Kier alpha value is -2.62. The Kier molecular flexibility index (Phi) is 4.39. The minimum Gasteiger partial charge on any atom is -0.507 e. The van der Waals surface area contributed by atoms with Crippen LogP contribution in [-0.2, 0) is 9.53 Å². The van der Waals surface area contributed by atoms with Crippen molar-refractivity contribution in [3.05, 3.63) is 35.6 Å². The predicted octanol–water partition coefficient (Wildman–Crippen LogP) is 3.82. The van der Waals surface area contributed by atoms with Crippen LogP contribution in [0.3, 0.4) is 0 Å². The number of carbonyl (C=O) groups excluding carboxylic acids is 1. The second-order valence-corrected chi connectivity index (χ2v) is 6.49. The van der Waals surface area contributed by atoms with Crippen LogP contribution in [0.1, 0.15) is 13.8 Å². The molecule has 3 rings (SSSR count). The zero-order valence-corrected chi connectivity index (χ0v) is 14.5. The van der Waals surface area contributed by atoms with Crippen LogP contribution in [0.15, 0.2) is 40.6 Å². The maximum Gasteiger partial charge on any atom is 0.440 e. The Morgan fingerprint density at radius 3 is 2.69 bits per heavy atom. The van der Waals surface area contributed by atoms with Crippen molar-refractivity contribution >= 4 is 38.4 Å². The number of anilines is 1. The van der Waals surface area contributed by atoms with Gasteiger partial charge in [0, 0.05) is 0 Å². The third kappa shape index (κ3) is 2.79. The first-order chi connectivity index (χ1) is 12.2. The number of thiazole rings is 1. The van der Waals surface area contributed by atoms with E-state index in [1.165, 1.54) is 13.8 Å². The average molecular weight is 385 g/mol. The summed E-state index contributed by atoms with van der Waals surface area (Å²) in [4.78, 5) is 19.6. The minimum atomic E-state index is -5.02. The summed E-state index contributed by atoms with van der Waals surface area (Å²) in [5.41, 5.74) is -3.55. The smallest absolute Gasteiger partial charge is 0.440 e. The van der Waals surface area contributed by atoms with Crippen molar-refractivity contribution in [1.29, 1.82) is 0 Å². The number of esters is 1. The summed E-state index contributed by atoms with van der Waals surface area (Å²) < 4.78 is 47.0. The molecule has 6 nitrogen and oxygen atoms in total. The molecular weight excluding hydrogens is 371 g/mol. The lowest BCUT2D eigenvalue weighted by molar-refractivity contribution is -0.172. The molecule has 0 saturated heterocycles. The van der Waals surface area contributed by atoms with Crippen molar-refractivity contribution in [3.8, 4) is 0 Å². The molecule has 0 unspecified atom stereocenters. The highest BCUT2D eigenvalue weighted by atomic mass is 32.1. The number of nitrogens with one attached hydrogen (secondary N) is 1. The number of hydrogen-bond acceptors (Lipinski definition) is 7. The Balaban J connectivity index is 2.10. The molecule has 10 heteroatoms. The number of aliphatic hydroxyl groups is 1. The van der Waals surface area contributed by atoms with E-state index in [0.29, 0.717) is 10.2 Å². The van der Waals surface area contributed by atoms with Gasteiger partial charge in [0.05, 0.1) is 22.5 Å². The fourth-order valence-electron chi connectivity index (χ4n) is 2.60. The van der Waals surface area contributed by atoms with Gasteiger partial charge in [-0.3, -0.25) is 0 Å². The lowest BCUT2D eigenvalue weighted by Crippen LogP contribution is -2.51. The van der Waals surface area contributed by atoms with Gasteiger partial charge < -0.3 is 15.2 Å².